The van der Waals surface area contributed by atoms with E-state index in [1.54, 1.807) is 11.3 Å². The third-order valence-corrected chi connectivity index (χ3v) is 5.73. The molecule has 3 unspecified atom stereocenters. The van der Waals surface area contributed by atoms with Gasteiger partial charge in [-0.1, -0.05) is 13.3 Å². The van der Waals surface area contributed by atoms with E-state index in [9.17, 15) is 0 Å². The quantitative estimate of drug-likeness (QED) is 0.872. The molecule has 2 saturated carbocycles. The summed E-state index contributed by atoms with van der Waals surface area (Å²) in [4.78, 5) is 10.4. The van der Waals surface area contributed by atoms with E-state index in [0.717, 1.165) is 41.4 Å². The first-order chi connectivity index (χ1) is 10.3. The van der Waals surface area contributed by atoms with Gasteiger partial charge in [0.15, 0.2) is 0 Å². The third kappa shape index (κ3) is 2.48. The second kappa shape index (κ2) is 5.44. The van der Waals surface area contributed by atoms with Gasteiger partial charge in [0.1, 0.15) is 10.6 Å². The standard InChI is InChI=1S/C16H22N4S/c1-2-6-17-16-19-14(12-5-7-21-15(12)20-16)18-13-9-10-3-4-11(13)8-10/h5,7,10-11,13H,2-4,6,8-9H2,1H3,(H2,17,18,19,20). The number of nitrogens with zero attached hydrogens (tertiary/aromatic N) is 2. The highest BCUT2D eigenvalue weighted by Crippen LogP contribution is 2.45. The first-order valence-electron chi connectivity index (χ1n) is 8.09. The lowest BCUT2D eigenvalue weighted by Crippen LogP contribution is -2.26. The van der Waals surface area contributed by atoms with Gasteiger partial charge in [-0.3, -0.25) is 0 Å². The Morgan fingerprint density at radius 2 is 2.24 bits per heavy atom. The van der Waals surface area contributed by atoms with Crippen LogP contribution in [-0.4, -0.2) is 22.6 Å². The van der Waals surface area contributed by atoms with Crippen LogP contribution in [0.2, 0.25) is 0 Å². The van der Waals surface area contributed by atoms with Gasteiger partial charge in [0.25, 0.3) is 0 Å². The van der Waals surface area contributed by atoms with Crippen molar-refractivity contribution in [2.24, 2.45) is 11.8 Å². The summed E-state index contributed by atoms with van der Waals surface area (Å²) in [6.07, 6.45) is 6.64. The maximum atomic E-state index is 4.73. The lowest BCUT2D eigenvalue weighted by molar-refractivity contribution is 0.439. The molecule has 0 radical (unpaired) electrons. The van der Waals surface area contributed by atoms with Crippen molar-refractivity contribution in [1.29, 1.82) is 0 Å². The minimum Gasteiger partial charge on any atom is -0.366 e. The topological polar surface area (TPSA) is 49.8 Å². The third-order valence-electron chi connectivity index (χ3n) is 4.92. The number of rotatable bonds is 5. The summed E-state index contributed by atoms with van der Waals surface area (Å²) in [7, 11) is 0. The first-order valence-corrected chi connectivity index (χ1v) is 8.97. The molecule has 5 heteroatoms. The molecule has 4 rings (SSSR count). The molecule has 2 aromatic heterocycles. The van der Waals surface area contributed by atoms with Gasteiger partial charge in [0.2, 0.25) is 5.95 Å². The summed E-state index contributed by atoms with van der Waals surface area (Å²) < 4.78 is 0. The average Bonchev–Trinajstić information content (AvgIpc) is 3.20. The SMILES string of the molecule is CCCNc1nc(NC2CC3CCC2C3)c2ccsc2n1. The van der Waals surface area contributed by atoms with E-state index in [4.69, 9.17) is 4.98 Å². The van der Waals surface area contributed by atoms with Crippen LogP contribution in [0.5, 0.6) is 0 Å². The van der Waals surface area contributed by atoms with Crippen LogP contribution in [0.15, 0.2) is 11.4 Å². The highest BCUT2D eigenvalue weighted by molar-refractivity contribution is 7.16. The van der Waals surface area contributed by atoms with Crippen molar-refractivity contribution in [1.82, 2.24) is 9.97 Å². The van der Waals surface area contributed by atoms with Crippen molar-refractivity contribution >= 4 is 33.3 Å². The van der Waals surface area contributed by atoms with Gasteiger partial charge in [0, 0.05) is 12.6 Å². The Hall–Kier alpha value is -1.36. The molecule has 0 spiro atoms. The molecule has 2 aromatic rings. The van der Waals surface area contributed by atoms with Crippen LogP contribution in [0, 0.1) is 11.8 Å². The molecule has 4 nitrogen and oxygen atoms in total. The molecule has 2 aliphatic rings. The highest BCUT2D eigenvalue weighted by Gasteiger charge is 2.39. The molecule has 2 bridgehead atoms. The maximum Gasteiger partial charge on any atom is 0.226 e. The van der Waals surface area contributed by atoms with E-state index in [0.29, 0.717) is 6.04 Å². The fourth-order valence-electron chi connectivity index (χ4n) is 3.88. The fraction of sp³-hybridized carbons (Fsp3) is 0.625. The predicted molar refractivity (Wildman–Crippen MR) is 89.1 cm³/mol. The lowest BCUT2D eigenvalue weighted by Gasteiger charge is -2.24. The molecule has 112 valence electrons. The molecule has 0 amide bonds. The van der Waals surface area contributed by atoms with Gasteiger partial charge >= 0.3 is 0 Å². The Kier molecular flexibility index (Phi) is 3.45. The highest BCUT2D eigenvalue weighted by atomic mass is 32.1. The van der Waals surface area contributed by atoms with Crippen LogP contribution in [0.3, 0.4) is 0 Å². The zero-order valence-corrected chi connectivity index (χ0v) is 13.2. The normalized spacial score (nSPS) is 27.4. The number of hydrogen-bond donors (Lipinski definition) is 2. The van der Waals surface area contributed by atoms with Gasteiger partial charge in [-0.05, 0) is 49.0 Å². The van der Waals surface area contributed by atoms with E-state index in [1.807, 2.05) is 0 Å². The zero-order chi connectivity index (χ0) is 14.2. The minimum atomic E-state index is 0.612. The summed E-state index contributed by atoms with van der Waals surface area (Å²) >= 11 is 1.69. The van der Waals surface area contributed by atoms with Crippen LogP contribution >= 0.6 is 11.3 Å². The largest absolute Gasteiger partial charge is 0.366 e. The first kappa shape index (κ1) is 13.3. The van der Waals surface area contributed by atoms with Crippen molar-refractivity contribution in [3.05, 3.63) is 11.4 Å². The van der Waals surface area contributed by atoms with Gasteiger partial charge < -0.3 is 10.6 Å². The Bertz CT molecular complexity index is 638. The molecule has 0 saturated heterocycles. The predicted octanol–water partition coefficient (Wildman–Crippen LogP) is 4.11. The number of nitrogens with one attached hydrogen (secondary N) is 2. The summed E-state index contributed by atoms with van der Waals surface area (Å²) in [5, 5.41) is 10.3. The number of fused-ring (bicyclic) bond motifs is 3. The number of aromatic nitrogens is 2. The molecule has 2 fully saturated rings. The molecule has 2 aliphatic carbocycles. The van der Waals surface area contributed by atoms with Gasteiger partial charge in [-0.25, -0.2) is 4.98 Å². The zero-order valence-electron chi connectivity index (χ0n) is 12.4. The second-order valence-corrected chi connectivity index (χ2v) is 7.28. The van der Waals surface area contributed by atoms with Gasteiger partial charge in [-0.15, -0.1) is 11.3 Å². The average molecular weight is 302 g/mol. The Morgan fingerprint density at radius 3 is 3.00 bits per heavy atom. The Morgan fingerprint density at radius 1 is 1.29 bits per heavy atom. The fourth-order valence-corrected chi connectivity index (χ4v) is 4.64. The molecule has 21 heavy (non-hydrogen) atoms. The van der Waals surface area contributed by atoms with E-state index >= 15 is 0 Å². The van der Waals surface area contributed by atoms with E-state index in [2.05, 4.69) is 34.0 Å². The monoisotopic (exact) mass is 302 g/mol. The van der Waals surface area contributed by atoms with Crippen LogP contribution < -0.4 is 10.6 Å². The summed E-state index contributed by atoms with van der Waals surface area (Å²) in [5.74, 6) is 3.59. The van der Waals surface area contributed by atoms with E-state index < -0.39 is 0 Å². The Labute approximate surface area is 129 Å². The van der Waals surface area contributed by atoms with Gasteiger partial charge in [0.05, 0.1) is 5.39 Å². The lowest BCUT2D eigenvalue weighted by atomic mass is 9.95. The van der Waals surface area contributed by atoms with Crippen molar-refractivity contribution < 1.29 is 0 Å². The van der Waals surface area contributed by atoms with Crippen LogP contribution in [0.25, 0.3) is 10.2 Å². The van der Waals surface area contributed by atoms with Gasteiger partial charge in [-0.2, -0.15) is 4.98 Å². The molecular formula is C16H22N4S. The molecule has 3 atom stereocenters. The smallest absolute Gasteiger partial charge is 0.226 e. The maximum absolute atomic E-state index is 4.73. The Balaban J connectivity index is 1.61. The minimum absolute atomic E-state index is 0.612. The number of thiophene rings is 1. The van der Waals surface area contributed by atoms with Crippen molar-refractivity contribution in [3.63, 3.8) is 0 Å². The summed E-state index contributed by atoms with van der Waals surface area (Å²) in [6.45, 7) is 3.08. The van der Waals surface area contributed by atoms with Crippen molar-refractivity contribution in [2.75, 3.05) is 17.2 Å². The van der Waals surface area contributed by atoms with E-state index in [-0.39, 0.29) is 0 Å². The molecule has 0 aliphatic heterocycles. The second-order valence-electron chi connectivity index (χ2n) is 6.39. The summed E-state index contributed by atoms with van der Waals surface area (Å²) in [6, 6.07) is 2.75. The van der Waals surface area contributed by atoms with Crippen molar-refractivity contribution in [2.45, 2.75) is 45.1 Å². The van der Waals surface area contributed by atoms with Crippen LogP contribution in [0.4, 0.5) is 11.8 Å². The van der Waals surface area contributed by atoms with Crippen LogP contribution in [0.1, 0.15) is 39.0 Å². The molecule has 2 heterocycles. The summed E-state index contributed by atoms with van der Waals surface area (Å²) in [5.41, 5.74) is 0. The molecular weight excluding hydrogens is 280 g/mol. The molecule has 0 aromatic carbocycles. The number of hydrogen-bond acceptors (Lipinski definition) is 5. The van der Waals surface area contributed by atoms with Crippen LogP contribution in [-0.2, 0) is 0 Å². The number of anilines is 2. The van der Waals surface area contributed by atoms with Crippen molar-refractivity contribution in [3.8, 4) is 0 Å². The molecule has 2 N–H and O–H groups in total. The van der Waals surface area contributed by atoms with E-state index in [1.165, 1.54) is 31.1 Å².